The number of nitrogens with two attached hydrogens (primary N) is 1. The second kappa shape index (κ2) is 5.94. The molecular weight excluding hydrogens is 244 g/mol. The van der Waals surface area contributed by atoms with E-state index in [0.29, 0.717) is 12.6 Å². The van der Waals surface area contributed by atoms with Gasteiger partial charge in [0.2, 0.25) is 0 Å². The van der Waals surface area contributed by atoms with E-state index in [1.165, 1.54) is 24.1 Å². The Labute approximate surface area is 115 Å². The van der Waals surface area contributed by atoms with Crippen LogP contribution in [0.5, 0.6) is 0 Å². The van der Waals surface area contributed by atoms with Crippen molar-refractivity contribution in [2.45, 2.75) is 39.2 Å². The van der Waals surface area contributed by atoms with Gasteiger partial charge in [-0.15, -0.1) is 0 Å². The smallest absolute Gasteiger partial charge is 0.0459 e. The van der Waals surface area contributed by atoms with Crippen molar-refractivity contribution in [3.05, 3.63) is 28.8 Å². The minimum atomic E-state index is 0.587. The van der Waals surface area contributed by atoms with Crippen molar-refractivity contribution in [1.29, 1.82) is 0 Å². The molecular formula is C15H23ClN2. The normalized spacial score (nSPS) is 24.3. The second-order valence-electron chi connectivity index (χ2n) is 5.45. The molecule has 1 heterocycles. The average Bonchev–Trinajstić information content (AvgIpc) is 2.32. The van der Waals surface area contributed by atoms with Crippen molar-refractivity contribution < 1.29 is 0 Å². The van der Waals surface area contributed by atoms with Crippen LogP contribution < -0.4 is 10.6 Å². The maximum atomic E-state index is 6.32. The molecule has 2 N–H and O–H groups in total. The van der Waals surface area contributed by atoms with Gasteiger partial charge in [0.15, 0.2) is 0 Å². The van der Waals surface area contributed by atoms with Crippen molar-refractivity contribution >= 4 is 17.3 Å². The SMILES string of the molecule is CC1CCN(c2cccc(Cl)c2CCN)C(C)C1. The summed E-state index contributed by atoms with van der Waals surface area (Å²) in [7, 11) is 0. The minimum absolute atomic E-state index is 0.587. The fourth-order valence-electron chi connectivity index (χ4n) is 2.97. The molecule has 0 saturated carbocycles. The van der Waals surface area contributed by atoms with Gasteiger partial charge in [-0.05, 0) is 56.3 Å². The van der Waals surface area contributed by atoms with Crippen LogP contribution in [0.1, 0.15) is 32.3 Å². The summed E-state index contributed by atoms with van der Waals surface area (Å²) in [6.45, 7) is 6.42. The van der Waals surface area contributed by atoms with Crippen molar-refractivity contribution in [3.63, 3.8) is 0 Å². The Hall–Kier alpha value is -0.730. The number of nitrogens with zero attached hydrogens (tertiary/aromatic N) is 1. The molecule has 0 radical (unpaired) electrons. The Morgan fingerprint density at radius 2 is 2.17 bits per heavy atom. The summed E-state index contributed by atoms with van der Waals surface area (Å²) in [6.07, 6.45) is 3.38. The zero-order chi connectivity index (χ0) is 13.1. The van der Waals surface area contributed by atoms with Crippen LogP contribution in [0.3, 0.4) is 0 Å². The van der Waals surface area contributed by atoms with E-state index in [1.807, 2.05) is 12.1 Å². The first-order valence-corrected chi connectivity index (χ1v) is 7.25. The minimum Gasteiger partial charge on any atom is -0.369 e. The Kier molecular flexibility index (Phi) is 4.52. The molecule has 0 amide bonds. The van der Waals surface area contributed by atoms with Crippen LogP contribution in [0.4, 0.5) is 5.69 Å². The summed E-state index contributed by atoms with van der Waals surface area (Å²) in [4.78, 5) is 2.50. The van der Waals surface area contributed by atoms with Gasteiger partial charge in [0.05, 0.1) is 0 Å². The number of hydrogen-bond donors (Lipinski definition) is 1. The lowest BCUT2D eigenvalue weighted by atomic mass is 9.92. The fourth-order valence-corrected chi connectivity index (χ4v) is 3.24. The molecule has 0 spiro atoms. The summed E-state index contributed by atoms with van der Waals surface area (Å²) >= 11 is 6.32. The van der Waals surface area contributed by atoms with E-state index in [0.717, 1.165) is 23.9 Å². The highest BCUT2D eigenvalue weighted by Gasteiger charge is 2.24. The number of hydrogen-bond acceptors (Lipinski definition) is 2. The molecule has 1 aliphatic heterocycles. The largest absolute Gasteiger partial charge is 0.369 e. The number of benzene rings is 1. The van der Waals surface area contributed by atoms with E-state index < -0.39 is 0 Å². The van der Waals surface area contributed by atoms with E-state index in [9.17, 15) is 0 Å². The molecule has 3 heteroatoms. The van der Waals surface area contributed by atoms with Crippen LogP contribution in [-0.2, 0) is 6.42 Å². The molecule has 0 aliphatic carbocycles. The molecule has 1 saturated heterocycles. The van der Waals surface area contributed by atoms with E-state index in [2.05, 4.69) is 24.8 Å². The number of piperidine rings is 1. The Morgan fingerprint density at radius 3 is 2.83 bits per heavy atom. The molecule has 2 unspecified atom stereocenters. The van der Waals surface area contributed by atoms with Gasteiger partial charge < -0.3 is 10.6 Å². The lowest BCUT2D eigenvalue weighted by molar-refractivity contribution is 0.377. The zero-order valence-corrected chi connectivity index (χ0v) is 12.1. The lowest BCUT2D eigenvalue weighted by Gasteiger charge is -2.39. The van der Waals surface area contributed by atoms with Gasteiger partial charge in [-0.25, -0.2) is 0 Å². The van der Waals surface area contributed by atoms with Gasteiger partial charge in [-0.3, -0.25) is 0 Å². The Balaban J connectivity index is 2.29. The summed E-state index contributed by atoms with van der Waals surface area (Å²) < 4.78 is 0. The standard InChI is InChI=1S/C15H23ClN2/c1-11-7-9-18(12(2)10-11)15-5-3-4-14(16)13(15)6-8-17/h3-5,11-12H,6-10,17H2,1-2H3. The summed E-state index contributed by atoms with van der Waals surface area (Å²) in [6, 6.07) is 6.78. The maximum Gasteiger partial charge on any atom is 0.0459 e. The molecule has 1 fully saturated rings. The quantitative estimate of drug-likeness (QED) is 0.908. The first-order valence-electron chi connectivity index (χ1n) is 6.87. The lowest BCUT2D eigenvalue weighted by Crippen LogP contribution is -2.40. The molecule has 1 aliphatic rings. The van der Waals surface area contributed by atoms with E-state index in [-0.39, 0.29) is 0 Å². The third-order valence-corrected chi connectivity index (χ3v) is 4.29. The Morgan fingerprint density at radius 1 is 1.39 bits per heavy atom. The average molecular weight is 267 g/mol. The van der Waals surface area contributed by atoms with Crippen molar-refractivity contribution in [2.75, 3.05) is 18.0 Å². The first-order chi connectivity index (χ1) is 8.63. The van der Waals surface area contributed by atoms with Gasteiger partial charge in [0.25, 0.3) is 0 Å². The molecule has 1 aromatic rings. The van der Waals surface area contributed by atoms with Gasteiger partial charge in [0.1, 0.15) is 0 Å². The monoisotopic (exact) mass is 266 g/mol. The van der Waals surface area contributed by atoms with Crippen LogP contribution >= 0.6 is 11.6 Å². The van der Waals surface area contributed by atoms with Crippen LogP contribution in [-0.4, -0.2) is 19.1 Å². The third-order valence-electron chi connectivity index (χ3n) is 3.94. The summed E-state index contributed by atoms with van der Waals surface area (Å²) in [5, 5.41) is 0.851. The topological polar surface area (TPSA) is 29.3 Å². The zero-order valence-electron chi connectivity index (χ0n) is 11.3. The Bertz CT molecular complexity index is 405. The van der Waals surface area contributed by atoms with E-state index in [4.69, 9.17) is 17.3 Å². The van der Waals surface area contributed by atoms with Gasteiger partial charge in [0, 0.05) is 23.3 Å². The van der Waals surface area contributed by atoms with Crippen LogP contribution in [0.15, 0.2) is 18.2 Å². The summed E-state index contributed by atoms with van der Waals surface area (Å²) in [5.41, 5.74) is 8.20. The van der Waals surface area contributed by atoms with Crippen LogP contribution in [0.2, 0.25) is 5.02 Å². The number of halogens is 1. The van der Waals surface area contributed by atoms with Crippen molar-refractivity contribution in [3.8, 4) is 0 Å². The highest BCUT2D eigenvalue weighted by Crippen LogP contribution is 2.33. The second-order valence-corrected chi connectivity index (χ2v) is 5.86. The molecule has 2 atom stereocenters. The highest BCUT2D eigenvalue weighted by molar-refractivity contribution is 6.31. The number of rotatable bonds is 3. The molecule has 0 bridgehead atoms. The molecule has 2 nitrogen and oxygen atoms in total. The third kappa shape index (κ3) is 2.81. The fraction of sp³-hybridized carbons (Fsp3) is 0.600. The molecule has 18 heavy (non-hydrogen) atoms. The van der Waals surface area contributed by atoms with E-state index in [1.54, 1.807) is 0 Å². The molecule has 100 valence electrons. The van der Waals surface area contributed by atoms with Gasteiger partial charge >= 0.3 is 0 Å². The van der Waals surface area contributed by atoms with Crippen LogP contribution in [0.25, 0.3) is 0 Å². The van der Waals surface area contributed by atoms with Gasteiger partial charge in [-0.1, -0.05) is 24.6 Å². The van der Waals surface area contributed by atoms with Gasteiger partial charge in [-0.2, -0.15) is 0 Å². The molecule has 1 aromatic carbocycles. The van der Waals surface area contributed by atoms with Crippen LogP contribution in [0, 0.1) is 5.92 Å². The summed E-state index contributed by atoms with van der Waals surface area (Å²) in [5.74, 6) is 0.827. The number of anilines is 1. The maximum absolute atomic E-state index is 6.32. The van der Waals surface area contributed by atoms with Crippen molar-refractivity contribution in [2.24, 2.45) is 11.7 Å². The predicted molar refractivity (Wildman–Crippen MR) is 79.4 cm³/mol. The van der Waals surface area contributed by atoms with Crippen molar-refractivity contribution in [1.82, 2.24) is 0 Å². The van der Waals surface area contributed by atoms with E-state index >= 15 is 0 Å². The molecule has 2 rings (SSSR count). The molecule has 0 aromatic heterocycles. The predicted octanol–water partition coefficient (Wildman–Crippen LogP) is 3.47. The first kappa shape index (κ1) is 13.7. The highest BCUT2D eigenvalue weighted by atomic mass is 35.5.